The number of carbonyl (C=O) groups is 2. The topological polar surface area (TPSA) is 77.3 Å². The number of carbonyl (C=O) groups excluding carboxylic acids is 2. The number of aromatic nitrogens is 3. The zero-order valence-electron chi connectivity index (χ0n) is 16.4. The molecule has 0 atom stereocenters. The fraction of sp³-hybridized carbons (Fsp3) is 0.0909. The number of aryl methyl sites for hydroxylation is 1. The Balaban J connectivity index is 1.69. The number of hydrogen-bond donors (Lipinski definition) is 0. The first-order chi connectivity index (χ1) is 14.9. The molecule has 1 aliphatic heterocycles. The van der Waals surface area contributed by atoms with E-state index < -0.39 is 23.4 Å². The number of imide groups is 1. The van der Waals surface area contributed by atoms with Gasteiger partial charge in [-0.15, -0.1) is 0 Å². The van der Waals surface area contributed by atoms with Crippen LogP contribution in [0.2, 0.25) is 0 Å². The van der Waals surface area contributed by atoms with Crippen LogP contribution in [0.5, 0.6) is 5.75 Å². The second-order valence-corrected chi connectivity index (χ2v) is 6.99. The molecule has 2 amide bonds. The van der Waals surface area contributed by atoms with Gasteiger partial charge in [-0.2, -0.15) is 5.10 Å². The zero-order valence-corrected chi connectivity index (χ0v) is 16.4. The molecule has 5 rings (SSSR count). The van der Waals surface area contributed by atoms with Crippen molar-refractivity contribution in [3.05, 3.63) is 77.1 Å². The Morgan fingerprint density at radius 1 is 0.968 bits per heavy atom. The summed E-state index contributed by atoms with van der Waals surface area (Å²) in [6.07, 6.45) is 1.30. The number of benzene rings is 2. The van der Waals surface area contributed by atoms with Crippen LogP contribution in [0, 0.1) is 18.6 Å². The summed E-state index contributed by atoms with van der Waals surface area (Å²) in [6.45, 7) is 1.66. The number of pyridine rings is 1. The summed E-state index contributed by atoms with van der Waals surface area (Å²) >= 11 is 0. The summed E-state index contributed by atoms with van der Waals surface area (Å²) in [5.74, 6) is -2.55. The summed E-state index contributed by atoms with van der Waals surface area (Å²) in [7, 11) is 1.49. The van der Waals surface area contributed by atoms with Gasteiger partial charge in [-0.1, -0.05) is 6.07 Å². The highest BCUT2D eigenvalue weighted by Crippen LogP contribution is 2.35. The number of ether oxygens (including phenoxy) is 1. The van der Waals surface area contributed by atoms with E-state index >= 15 is 0 Å². The van der Waals surface area contributed by atoms with Crippen LogP contribution in [-0.2, 0) is 0 Å². The molecular weight excluding hydrogens is 406 g/mol. The van der Waals surface area contributed by atoms with Crippen molar-refractivity contribution >= 4 is 28.5 Å². The maximum Gasteiger partial charge on any atom is 0.267 e. The van der Waals surface area contributed by atoms with Gasteiger partial charge in [-0.3, -0.25) is 9.59 Å². The number of methoxy groups -OCH3 is 1. The second-order valence-electron chi connectivity index (χ2n) is 6.99. The summed E-state index contributed by atoms with van der Waals surface area (Å²) < 4.78 is 33.6. The maximum absolute atomic E-state index is 13.8. The molecule has 1 aliphatic rings. The van der Waals surface area contributed by atoms with Gasteiger partial charge in [-0.05, 0) is 31.2 Å². The highest BCUT2D eigenvalue weighted by atomic mass is 19.2. The average Bonchev–Trinajstić information content (AvgIpc) is 3.24. The molecule has 0 bridgehead atoms. The lowest BCUT2D eigenvalue weighted by Crippen LogP contribution is -2.29. The summed E-state index contributed by atoms with van der Waals surface area (Å²) in [6, 6.07) is 9.94. The van der Waals surface area contributed by atoms with Crippen LogP contribution in [0.15, 0.2) is 48.7 Å². The van der Waals surface area contributed by atoms with Crippen LogP contribution in [0.25, 0.3) is 16.7 Å². The average molecular weight is 420 g/mol. The molecule has 7 nitrogen and oxygen atoms in total. The molecule has 154 valence electrons. The smallest absolute Gasteiger partial charge is 0.267 e. The van der Waals surface area contributed by atoms with E-state index in [0.29, 0.717) is 22.5 Å². The van der Waals surface area contributed by atoms with Crippen molar-refractivity contribution in [1.82, 2.24) is 14.8 Å². The number of hydrogen-bond acceptors (Lipinski definition) is 5. The van der Waals surface area contributed by atoms with Crippen molar-refractivity contribution < 1.29 is 23.1 Å². The van der Waals surface area contributed by atoms with Gasteiger partial charge in [0, 0.05) is 18.3 Å². The van der Waals surface area contributed by atoms with Crippen molar-refractivity contribution in [2.75, 3.05) is 12.0 Å². The van der Waals surface area contributed by atoms with E-state index in [1.54, 1.807) is 31.2 Å². The monoisotopic (exact) mass is 420 g/mol. The molecule has 3 heterocycles. The van der Waals surface area contributed by atoms with Crippen molar-refractivity contribution in [2.45, 2.75) is 6.92 Å². The Morgan fingerprint density at radius 3 is 2.52 bits per heavy atom. The van der Waals surface area contributed by atoms with Gasteiger partial charge in [0.15, 0.2) is 17.3 Å². The van der Waals surface area contributed by atoms with Crippen LogP contribution in [-0.4, -0.2) is 33.7 Å². The van der Waals surface area contributed by atoms with Crippen molar-refractivity contribution in [1.29, 1.82) is 0 Å². The molecule has 0 unspecified atom stereocenters. The first-order valence-corrected chi connectivity index (χ1v) is 9.27. The second kappa shape index (κ2) is 6.69. The Morgan fingerprint density at radius 2 is 1.77 bits per heavy atom. The minimum absolute atomic E-state index is 0.147. The Bertz CT molecular complexity index is 1410. The van der Waals surface area contributed by atoms with Crippen LogP contribution in [0.4, 0.5) is 14.5 Å². The third-order valence-corrected chi connectivity index (χ3v) is 5.18. The van der Waals surface area contributed by atoms with Gasteiger partial charge < -0.3 is 4.74 Å². The molecular formula is C22H14F2N4O3. The van der Waals surface area contributed by atoms with E-state index in [1.807, 2.05) is 0 Å². The molecule has 0 saturated heterocycles. The van der Waals surface area contributed by atoms with Crippen molar-refractivity contribution in [3.8, 4) is 11.4 Å². The molecule has 9 heteroatoms. The lowest BCUT2D eigenvalue weighted by atomic mass is 10.1. The molecule has 2 aromatic heterocycles. The molecule has 2 aromatic carbocycles. The molecule has 4 aromatic rings. The number of amides is 2. The van der Waals surface area contributed by atoms with E-state index in [0.717, 1.165) is 17.0 Å². The summed E-state index contributed by atoms with van der Waals surface area (Å²) in [4.78, 5) is 31.7. The van der Waals surface area contributed by atoms with E-state index in [4.69, 9.17) is 4.74 Å². The standard InChI is InChI=1S/C22H14F2N4O3/c1-11-18-19-15(21(29)27(22(19)30)12-4-3-5-14(8-12)31-2)10-25-20(18)28(26-11)13-6-7-16(23)17(24)9-13/h3-10H,1-2H3. The van der Waals surface area contributed by atoms with Crippen LogP contribution in [0.3, 0.4) is 0 Å². The Hall–Kier alpha value is -4.14. The summed E-state index contributed by atoms with van der Waals surface area (Å²) in [5.41, 5.74) is 1.61. The highest BCUT2D eigenvalue weighted by Gasteiger charge is 2.40. The lowest BCUT2D eigenvalue weighted by Gasteiger charge is -2.14. The Labute approximate surface area is 174 Å². The van der Waals surface area contributed by atoms with Gasteiger partial charge in [0.2, 0.25) is 0 Å². The van der Waals surface area contributed by atoms with Gasteiger partial charge in [-0.25, -0.2) is 23.3 Å². The SMILES string of the molecule is COc1cccc(N2C(=O)c3cnc4c(c(C)nn4-c4ccc(F)c(F)c4)c3C2=O)c1. The number of halogens is 2. The molecule has 0 fully saturated rings. The lowest BCUT2D eigenvalue weighted by molar-refractivity contribution is 0.0926. The molecule has 0 aliphatic carbocycles. The maximum atomic E-state index is 13.8. The van der Waals surface area contributed by atoms with E-state index in [9.17, 15) is 18.4 Å². The highest BCUT2D eigenvalue weighted by molar-refractivity contribution is 6.37. The number of nitrogens with zero attached hydrogens (tertiary/aromatic N) is 4. The van der Waals surface area contributed by atoms with Crippen LogP contribution in [0.1, 0.15) is 26.4 Å². The van der Waals surface area contributed by atoms with Crippen LogP contribution < -0.4 is 9.64 Å². The van der Waals surface area contributed by atoms with E-state index in [2.05, 4.69) is 10.1 Å². The fourth-order valence-corrected chi connectivity index (χ4v) is 3.74. The minimum atomic E-state index is -1.03. The molecule has 0 radical (unpaired) electrons. The quantitative estimate of drug-likeness (QED) is 0.471. The molecule has 31 heavy (non-hydrogen) atoms. The van der Waals surface area contributed by atoms with Gasteiger partial charge >= 0.3 is 0 Å². The molecule has 0 spiro atoms. The zero-order chi connectivity index (χ0) is 21.9. The van der Waals surface area contributed by atoms with Gasteiger partial charge in [0.25, 0.3) is 11.8 Å². The first-order valence-electron chi connectivity index (χ1n) is 9.27. The Kier molecular flexibility index (Phi) is 4.07. The van der Waals surface area contributed by atoms with Gasteiger partial charge in [0.1, 0.15) is 5.75 Å². The minimum Gasteiger partial charge on any atom is -0.497 e. The van der Waals surface area contributed by atoms with E-state index in [1.165, 1.54) is 24.1 Å². The number of fused-ring (bicyclic) bond motifs is 3. The normalized spacial score (nSPS) is 13.2. The largest absolute Gasteiger partial charge is 0.497 e. The van der Waals surface area contributed by atoms with Crippen molar-refractivity contribution in [3.63, 3.8) is 0 Å². The molecule has 0 N–H and O–H groups in total. The first kappa shape index (κ1) is 18.9. The summed E-state index contributed by atoms with van der Waals surface area (Å²) in [5, 5.41) is 4.74. The number of anilines is 1. The predicted molar refractivity (Wildman–Crippen MR) is 108 cm³/mol. The van der Waals surface area contributed by atoms with Gasteiger partial charge in [0.05, 0.1) is 40.7 Å². The van der Waals surface area contributed by atoms with Crippen molar-refractivity contribution in [2.24, 2.45) is 0 Å². The van der Waals surface area contributed by atoms with Crippen LogP contribution >= 0.6 is 0 Å². The third kappa shape index (κ3) is 2.70. The third-order valence-electron chi connectivity index (χ3n) is 5.18. The number of rotatable bonds is 3. The molecule has 0 saturated carbocycles. The fourth-order valence-electron chi connectivity index (χ4n) is 3.74. The van der Waals surface area contributed by atoms with E-state index in [-0.39, 0.29) is 22.5 Å². The predicted octanol–water partition coefficient (Wildman–Crippen LogP) is 3.82.